The van der Waals surface area contributed by atoms with Gasteiger partial charge in [-0.05, 0) is 41.8 Å². The quantitative estimate of drug-likeness (QED) is 0.490. The van der Waals surface area contributed by atoms with E-state index in [1.54, 1.807) is 24.3 Å². The monoisotopic (exact) mass is 466 g/mol. The minimum Gasteiger partial charge on any atom is -0.482 e. The van der Waals surface area contributed by atoms with E-state index in [1.807, 2.05) is 49.5 Å². The van der Waals surface area contributed by atoms with Crippen LogP contribution in [0.2, 0.25) is 0 Å². The largest absolute Gasteiger partial charge is 0.482 e. The van der Waals surface area contributed by atoms with Crippen LogP contribution in [-0.4, -0.2) is 73.3 Å². The molecule has 1 aliphatic heterocycles. The first-order valence-electron chi connectivity index (χ1n) is 11.3. The lowest BCUT2D eigenvalue weighted by molar-refractivity contribution is -0.139. The topological polar surface area (TPSA) is 92.5 Å². The van der Waals surface area contributed by atoms with Crippen molar-refractivity contribution in [1.29, 1.82) is 0 Å². The zero-order valence-electron chi connectivity index (χ0n) is 19.5. The normalized spacial score (nSPS) is 17.1. The molecule has 4 rings (SSSR count). The molecule has 1 aliphatic rings. The molecule has 0 spiro atoms. The van der Waals surface area contributed by atoms with Gasteiger partial charge in [0.05, 0.1) is 24.8 Å². The molecule has 1 fully saturated rings. The number of fused-ring (bicyclic) bond motifs is 1. The Bertz CT molecular complexity index is 1140. The average Bonchev–Trinajstić information content (AvgIpc) is 3.51. The van der Waals surface area contributed by atoms with Gasteiger partial charge in [0.25, 0.3) is 0 Å². The number of carboxylic acids is 1. The predicted molar refractivity (Wildman–Crippen MR) is 127 cm³/mol. The molecule has 1 aromatic heterocycles. The highest BCUT2D eigenvalue weighted by atomic mass is 16.5. The minimum atomic E-state index is -1.04. The molecule has 2 aromatic carbocycles. The smallest absolute Gasteiger partial charge is 0.341 e. The van der Waals surface area contributed by atoms with Gasteiger partial charge in [0.15, 0.2) is 6.61 Å². The minimum absolute atomic E-state index is 0.0157. The summed E-state index contributed by atoms with van der Waals surface area (Å²) in [6, 6.07) is 14.7. The number of rotatable bonds is 10. The summed E-state index contributed by atoms with van der Waals surface area (Å²) in [6.45, 7) is 1.92. The van der Waals surface area contributed by atoms with E-state index in [0.717, 1.165) is 41.6 Å². The second kappa shape index (κ2) is 10.7. The van der Waals surface area contributed by atoms with Crippen molar-refractivity contribution in [1.82, 2.24) is 9.80 Å². The first kappa shape index (κ1) is 23.8. The molecular weight excluding hydrogens is 436 g/mol. The Morgan fingerprint density at radius 3 is 2.82 bits per heavy atom. The molecule has 34 heavy (non-hydrogen) atoms. The number of amides is 1. The molecule has 8 heteroatoms. The van der Waals surface area contributed by atoms with Crippen LogP contribution in [0, 0.1) is 0 Å². The number of aliphatic carboxylic acids is 1. The van der Waals surface area contributed by atoms with Crippen molar-refractivity contribution in [3.8, 4) is 5.75 Å². The summed E-state index contributed by atoms with van der Waals surface area (Å²) < 4.78 is 16.4. The first-order valence-corrected chi connectivity index (χ1v) is 11.3. The fourth-order valence-corrected chi connectivity index (χ4v) is 4.48. The summed E-state index contributed by atoms with van der Waals surface area (Å²) in [5.74, 6) is -0.589. The highest BCUT2D eigenvalue weighted by Crippen LogP contribution is 2.28. The zero-order chi connectivity index (χ0) is 24.1. The summed E-state index contributed by atoms with van der Waals surface area (Å²) in [4.78, 5) is 28.4. The number of carbonyl (C=O) groups excluding carboxylic acids is 1. The Hall–Kier alpha value is -3.36. The van der Waals surface area contributed by atoms with E-state index >= 15 is 0 Å². The Labute approximate surface area is 198 Å². The number of furan rings is 1. The standard InChI is InChI=1S/C26H30N2O6/c1-27(25(29)14-18-5-4-8-24-22(18)10-12-33-24)23(16-28-11-9-21(15-28)32-2)19-6-3-7-20(13-19)34-17-26(30)31/h3-8,10,12-13,21,23H,9,11,14-17H2,1-2H3,(H,30,31). The summed E-state index contributed by atoms with van der Waals surface area (Å²) in [6.07, 6.45) is 3.02. The lowest BCUT2D eigenvalue weighted by Gasteiger charge is -2.32. The summed E-state index contributed by atoms with van der Waals surface area (Å²) >= 11 is 0. The van der Waals surface area contributed by atoms with Crippen LogP contribution in [0.4, 0.5) is 0 Å². The van der Waals surface area contributed by atoms with Gasteiger partial charge in [0.1, 0.15) is 11.3 Å². The van der Waals surface area contributed by atoms with E-state index in [2.05, 4.69) is 4.90 Å². The Morgan fingerprint density at radius 1 is 1.24 bits per heavy atom. The van der Waals surface area contributed by atoms with Crippen molar-refractivity contribution in [2.45, 2.75) is 25.0 Å². The van der Waals surface area contributed by atoms with Gasteiger partial charge >= 0.3 is 5.97 Å². The second-order valence-electron chi connectivity index (χ2n) is 8.61. The number of benzene rings is 2. The van der Waals surface area contributed by atoms with Crippen LogP contribution in [0.5, 0.6) is 5.75 Å². The van der Waals surface area contributed by atoms with E-state index in [9.17, 15) is 9.59 Å². The number of nitrogens with zero attached hydrogens (tertiary/aromatic N) is 2. The van der Waals surface area contributed by atoms with Gasteiger partial charge in [-0.1, -0.05) is 24.3 Å². The maximum atomic E-state index is 13.4. The van der Waals surface area contributed by atoms with Crippen LogP contribution in [0.15, 0.2) is 59.2 Å². The van der Waals surface area contributed by atoms with E-state index in [4.69, 9.17) is 19.0 Å². The van der Waals surface area contributed by atoms with Gasteiger partial charge in [-0.3, -0.25) is 9.69 Å². The fourth-order valence-electron chi connectivity index (χ4n) is 4.48. The molecule has 1 saturated heterocycles. The van der Waals surface area contributed by atoms with Gasteiger partial charge < -0.3 is 23.9 Å². The van der Waals surface area contributed by atoms with Gasteiger partial charge in [0, 0.05) is 39.2 Å². The molecule has 0 saturated carbocycles. The van der Waals surface area contributed by atoms with Crippen LogP contribution in [-0.2, 0) is 20.7 Å². The number of hydrogen-bond donors (Lipinski definition) is 1. The van der Waals surface area contributed by atoms with Crippen LogP contribution >= 0.6 is 0 Å². The number of hydrogen-bond acceptors (Lipinski definition) is 6. The van der Waals surface area contributed by atoms with Gasteiger partial charge in [0.2, 0.25) is 5.91 Å². The Balaban J connectivity index is 1.56. The lowest BCUT2D eigenvalue weighted by atomic mass is 10.0. The van der Waals surface area contributed by atoms with Crippen LogP contribution in [0.3, 0.4) is 0 Å². The maximum Gasteiger partial charge on any atom is 0.341 e. The third kappa shape index (κ3) is 5.58. The van der Waals surface area contributed by atoms with Crippen molar-refractivity contribution < 1.29 is 28.6 Å². The highest BCUT2D eigenvalue weighted by Gasteiger charge is 2.29. The van der Waals surface area contributed by atoms with Crippen LogP contribution in [0.25, 0.3) is 11.0 Å². The number of carbonyl (C=O) groups is 2. The molecule has 1 N–H and O–H groups in total. The summed E-state index contributed by atoms with van der Waals surface area (Å²) in [5, 5.41) is 9.89. The number of likely N-dealkylation sites (N-methyl/N-ethyl adjacent to an activating group) is 1. The molecule has 8 nitrogen and oxygen atoms in total. The zero-order valence-corrected chi connectivity index (χ0v) is 19.5. The maximum absolute atomic E-state index is 13.4. The summed E-state index contributed by atoms with van der Waals surface area (Å²) in [5.41, 5.74) is 2.57. The van der Waals surface area contributed by atoms with Crippen LogP contribution < -0.4 is 4.74 Å². The molecule has 0 aliphatic carbocycles. The average molecular weight is 467 g/mol. The molecule has 180 valence electrons. The van der Waals surface area contributed by atoms with Crippen molar-refractivity contribution in [2.75, 3.05) is 40.4 Å². The van der Waals surface area contributed by atoms with Gasteiger partial charge in [-0.25, -0.2) is 4.79 Å². The second-order valence-corrected chi connectivity index (χ2v) is 8.61. The van der Waals surface area contributed by atoms with E-state index in [1.165, 1.54) is 0 Å². The summed E-state index contributed by atoms with van der Waals surface area (Å²) in [7, 11) is 3.54. The Morgan fingerprint density at radius 2 is 2.06 bits per heavy atom. The fraction of sp³-hybridized carbons (Fsp3) is 0.385. The first-order chi connectivity index (χ1) is 16.4. The predicted octanol–water partition coefficient (Wildman–Crippen LogP) is 3.36. The third-order valence-corrected chi connectivity index (χ3v) is 6.39. The van der Waals surface area contributed by atoms with E-state index in [-0.39, 0.29) is 24.5 Å². The highest BCUT2D eigenvalue weighted by molar-refractivity contribution is 5.87. The van der Waals surface area contributed by atoms with Crippen molar-refractivity contribution in [2.24, 2.45) is 0 Å². The van der Waals surface area contributed by atoms with E-state index in [0.29, 0.717) is 12.3 Å². The molecule has 2 heterocycles. The molecule has 2 unspecified atom stereocenters. The molecule has 2 atom stereocenters. The number of carboxylic acid groups (broad SMARTS) is 1. The van der Waals surface area contributed by atoms with Crippen molar-refractivity contribution in [3.63, 3.8) is 0 Å². The van der Waals surface area contributed by atoms with Crippen molar-refractivity contribution >= 4 is 22.8 Å². The lowest BCUT2D eigenvalue weighted by Crippen LogP contribution is -2.39. The van der Waals surface area contributed by atoms with Crippen molar-refractivity contribution in [3.05, 3.63) is 65.9 Å². The number of methoxy groups -OCH3 is 1. The molecular formula is C26H30N2O6. The molecule has 0 bridgehead atoms. The van der Waals surface area contributed by atoms with Gasteiger partial charge in [-0.15, -0.1) is 0 Å². The van der Waals surface area contributed by atoms with E-state index < -0.39 is 12.6 Å². The van der Waals surface area contributed by atoms with Crippen LogP contribution in [0.1, 0.15) is 23.6 Å². The molecule has 3 aromatic rings. The number of ether oxygens (including phenoxy) is 2. The number of likely N-dealkylation sites (tertiary alicyclic amines) is 1. The molecule has 1 amide bonds. The van der Waals surface area contributed by atoms with Gasteiger partial charge in [-0.2, -0.15) is 0 Å². The third-order valence-electron chi connectivity index (χ3n) is 6.39. The Kier molecular flexibility index (Phi) is 7.49. The molecule has 0 radical (unpaired) electrons. The SMILES string of the molecule is COC1CCN(CC(c2cccc(OCC(=O)O)c2)N(C)C(=O)Cc2cccc3occc23)C1.